The van der Waals surface area contributed by atoms with Crippen LogP contribution >= 0.6 is 11.8 Å². The van der Waals surface area contributed by atoms with E-state index in [0.717, 1.165) is 16.0 Å². The first-order valence-electron chi connectivity index (χ1n) is 8.87. The molecule has 1 aliphatic heterocycles. The topological polar surface area (TPSA) is 66.6 Å². The van der Waals surface area contributed by atoms with Crippen molar-refractivity contribution in [3.8, 4) is 0 Å². The summed E-state index contributed by atoms with van der Waals surface area (Å²) in [6, 6.07) is 12.6. The largest absolute Gasteiger partial charge is 0.369 e. The van der Waals surface area contributed by atoms with E-state index in [2.05, 4.69) is 0 Å². The number of carbonyl (C=O) groups is 1. The van der Waals surface area contributed by atoms with E-state index in [1.54, 1.807) is 19.1 Å². The summed E-state index contributed by atoms with van der Waals surface area (Å²) in [5.41, 5.74) is 8.54. The van der Waals surface area contributed by atoms with Crippen LogP contribution < -0.4 is 5.73 Å². The zero-order chi connectivity index (χ0) is 19.3. The predicted molar refractivity (Wildman–Crippen MR) is 103 cm³/mol. The highest BCUT2D eigenvalue weighted by Gasteiger charge is 2.54. The van der Waals surface area contributed by atoms with Crippen molar-refractivity contribution < 1.29 is 14.4 Å². The van der Waals surface area contributed by atoms with E-state index >= 15 is 0 Å². The van der Waals surface area contributed by atoms with Crippen LogP contribution in [0, 0.1) is 19.7 Å². The fraction of sp³-hybridized carbons (Fsp3) is 0.286. The molecule has 6 heteroatoms. The van der Waals surface area contributed by atoms with Gasteiger partial charge in [-0.2, -0.15) is 0 Å². The fourth-order valence-electron chi connectivity index (χ4n) is 4.22. The second-order valence-corrected chi connectivity index (χ2v) is 8.22. The molecule has 0 saturated heterocycles. The Morgan fingerprint density at radius 1 is 1.26 bits per heavy atom. The summed E-state index contributed by atoms with van der Waals surface area (Å²) in [5.74, 6) is -0.867. The number of amides is 1. The molecule has 0 aromatic heterocycles. The van der Waals surface area contributed by atoms with Crippen LogP contribution in [0.1, 0.15) is 40.5 Å². The molecule has 0 radical (unpaired) electrons. The number of nitrogens with two attached hydrogens (primary N) is 1. The highest BCUT2D eigenvalue weighted by molar-refractivity contribution is 8.03. The third-order valence-electron chi connectivity index (χ3n) is 5.72. The van der Waals surface area contributed by atoms with Crippen molar-refractivity contribution in [3.05, 3.63) is 81.1 Å². The number of allylic oxidation sites excluding steroid dienone is 1. The molecule has 140 valence electrons. The molecule has 0 saturated carbocycles. The maximum atomic E-state index is 14.2. The lowest BCUT2D eigenvalue weighted by atomic mass is 9.77. The van der Waals surface area contributed by atoms with E-state index < -0.39 is 11.3 Å². The minimum atomic E-state index is -1.11. The molecule has 0 unspecified atom stereocenters. The predicted octanol–water partition coefficient (Wildman–Crippen LogP) is 4.31. The van der Waals surface area contributed by atoms with Gasteiger partial charge in [0.25, 0.3) is 0 Å². The van der Waals surface area contributed by atoms with Gasteiger partial charge < -0.3 is 5.73 Å². The summed E-state index contributed by atoms with van der Waals surface area (Å²) in [6.45, 7) is 3.66. The van der Waals surface area contributed by atoms with Gasteiger partial charge in [-0.1, -0.05) is 48.2 Å². The van der Waals surface area contributed by atoms with Crippen LogP contribution in [0.4, 0.5) is 4.39 Å². The van der Waals surface area contributed by atoms with Crippen molar-refractivity contribution in [3.63, 3.8) is 0 Å². The number of carbonyl (C=O) groups excluding carboxylic acids is 1. The van der Waals surface area contributed by atoms with Crippen LogP contribution in [0.25, 0.3) is 0 Å². The minimum absolute atomic E-state index is 0.343. The number of thioether (sulfide) groups is 1. The standard InChI is InChI=1S/C21H21FN2O2S/c1-12-6-3-4-7-14(12)19-24(26)17-10-11-21(20(23)25,18(17)27-19)15-8-5-9-16(22)13(15)2/h3-9,19,26H,10-11H2,1-2H3,(H2,23,25)/t19-,21+/m0/s1. The Morgan fingerprint density at radius 3 is 2.70 bits per heavy atom. The molecule has 2 aliphatic rings. The zero-order valence-corrected chi connectivity index (χ0v) is 16.0. The van der Waals surface area contributed by atoms with E-state index in [9.17, 15) is 14.4 Å². The van der Waals surface area contributed by atoms with Gasteiger partial charge in [-0.25, -0.2) is 9.45 Å². The van der Waals surface area contributed by atoms with Crippen LogP contribution in [-0.4, -0.2) is 16.2 Å². The minimum Gasteiger partial charge on any atom is -0.369 e. The van der Waals surface area contributed by atoms with Crippen molar-refractivity contribution in [2.75, 3.05) is 0 Å². The zero-order valence-electron chi connectivity index (χ0n) is 15.2. The molecule has 3 N–H and O–H groups in total. The molecule has 2 aromatic rings. The number of hydrogen-bond acceptors (Lipinski definition) is 4. The van der Waals surface area contributed by atoms with Crippen LogP contribution in [0.15, 0.2) is 53.1 Å². The Labute approximate surface area is 161 Å². The van der Waals surface area contributed by atoms with Gasteiger partial charge in [-0.05, 0) is 55.0 Å². The average molecular weight is 384 g/mol. The first-order valence-corrected chi connectivity index (χ1v) is 9.75. The lowest BCUT2D eigenvalue weighted by Crippen LogP contribution is -2.41. The molecule has 0 spiro atoms. The second-order valence-electron chi connectivity index (χ2n) is 7.13. The van der Waals surface area contributed by atoms with E-state index in [-0.39, 0.29) is 11.2 Å². The number of halogens is 1. The lowest BCUT2D eigenvalue weighted by molar-refractivity contribution is -0.122. The van der Waals surface area contributed by atoms with Crippen molar-refractivity contribution in [1.29, 1.82) is 0 Å². The van der Waals surface area contributed by atoms with E-state index in [4.69, 9.17) is 5.73 Å². The molecule has 4 rings (SSSR count). The number of rotatable bonds is 3. The molecule has 0 fully saturated rings. The van der Waals surface area contributed by atoms with E-state index in [1.165, 1.54) is 22.9 Å². The summed E-state index contributed by atoms with van der Waals surface area (Å²) < 4.78 is 14.2. The number of aryl methyl sites for hydroxylation is 1. The lowest BCUT2D eigenvalue weighted by Gasteiger charge is -2.31. The highest BCUT2D eigenvalue weighted by atomic mass is 32.2. The quantitative estimate of drug-likeness (QED) is 0.828. The Balaban J connectivity index is 1.84. The number of nitrogens with zero attached hydrogens (tertiary/aromatic N) is 1. The van der Waals surface area contributed by atoms with E-state index in [0.29, 0.717) is 29.7 Å². The maximum absolute atomic E-state index is 14.2. The Hall–Kier alpha value is -2.31. The first kappa shape index (κ1) is 18.1. The molecule has 0 bridgehead atoms. The van der Waals surface area contributed by atoms with Crippen molar-refractivity contribution >= 4 is 17.7 Å². The summed E-state index contributed by atoms with van der Waals surface area (Å²) >= 11 is 1.43. The van der Waals surface area contributed by atoms with Gasteiger partial charge in [0.05, 0.1) is 5.70 Å². The van der Waals surface area contributed by atoms with Crippen molar-refractivity contribution in [2.45, 2.75) is 37.5 Å². The summed E-state index contributed by atoms with van der Waals surface area (Å²) in [6.07, 6.45) is 0.946. The molecule has 2 atom stereocenters. The highest BCUT2D eigenvalue weighted by Crippen LogP contribution is 2.61. The smallest absolute Gasteiger partial charge is 0.233 e. The third-order valence-corrected chi connectivity index (χ3v) is 7.21. The average Bonchev–Trinajstić information content (AvgIpc) is 3.17. The maximum Gasteiger partial charge on any atom is 0.233 e. The molecule has 1 heterocycles. The fourth-order valence-corrected chi connectivity index (χ4v) is 5.91. The molecular weight excluding hydrogens is 363 g/mol. The molecule has 1 aliphatic carbocycles. The Morgan fingerprint density at radius 2 is 2.00 bits per heavy atom. The number of benzene rings is 2. The Bertz CT molecular complexity index is 974. The van der Waals surface area contributed by atoms with E-state index in [1.807, 2.05) is 31.2 Å². The van der Waals surface area contributed by atoms with Crippen LogP contribution in [-0.2, 0) is 10.2 Å². The van der Waals surface area contributed by atoms with Crippen LogP contribution in [0.5, 0.6) is 0 Å². The van der Waals surface area contributed by atoms with Crippen LogP contribution in [0.3, 0.4) is 0 Å². The van der Waals surface area contributed by atoms with Gasteiger partial charge in [0, 0.05) is 4.91 Å². The van der Waals surface area contributed by atoms with Gasteiger partial charge in [0.2, 0.25) is 5.91 Å². The third kappa shape index (κ3) is 2.51. The summed E-state index contributed by atoms with van der Waals surface area (Å²) in [5, 5.41) is 11.8. The molecule has 27 heavy (non-hydrogen) atoms. The normalized spacial score (nSPS) is 24.4. The number of hydrogen-bond donors (Lipinski definition) is 2. The summed E-state index contributed by atoms with van der Waals surface area (Å²) in [4.78, 5) is 13.4. The van der Waals surface area contributed by atoms with Crippen LogP contribution in [0.2, 0.25) is 0 Å². The van der Waals surface area contributed by atoms with Gasteiger partial charge in [0.15, 0.2) is 0 Å². The van der Waals surface area contributed by atoms with Gasteiger partial charge in [-0.15, -0.1) is 0 Å². The molecular formula is C21H21FN2O2S. The Kier molecular flexibility index (Phi) is 4.28. The van der Waals surface area contributed by atoms with Gasteiger partial charge >= 0.3 is 0 Å². The van der Waals surface area contributed by atoms with Crippen molar-refractivity contribution in [2.24, 2.45) is 5.73 Å². The monoisotopic (exact) mass is 384 g/mol. The van der Waals surface area contributed by atoms with Crippen molar-refractivity contribution in [1.82, 2.24) is 5.06 Å². The van der Waals surface area contributed by atoms with Gasteiger partial charge in [0.1, 0.15) is 16.6 Å². The number of hydroxylamine groups is 2. The summed E-state index contributed by atoms with van der Waals surface area (Å²) in [7, 11) is 0. The SMILES string of the molecule is Cc1ccccc1[C@@H]1SC2=C(CC[C@@]2(C(N)=O)c2cccc(F)c2C)N1O. The molecule has 2 aromatic carbocycles. The molecule has 4 nitrogen and oxygen atoms in total. The molecule has 1 amide bonds. The number of primary amides is 1. The first-order chi connectivity index (χ1) is 12.9. The second kappa shape index (κ2) is 6.39. The van der Waals surface area contributed by atoms with Gasteiger partial charge in [-0.3, -0.25) is 10.0 Å².